The van der Waals surface area contributed by atoms with E-state index in [4.69, 9.17) is 0 Å². The molecule has 0 saturated heterocycles. The van der Waals surface area contributed by atoms with Crippen molar-refractivity contribution in [2.45, 2.75) is 13.5 Å². The number of aldehydes is 1. The van der Waals surface area contributed by atoms with Gasteiger partial charge in [0.25, 0.3) is 0 Å². The van der Waals surface area contributed by atoms with Gasteiger partial charge in [-0.15, -0.1) is 6.58 Å². The molecule has 0 aliphatic carbocycles. The second kappa shape index (κ2) is 5.36. The summed E-state index contributed by atoms with van der Waals surface area (Å²) in [6.45, 7) is 6.40. The quantitative estimate of drug-likeness (QED) is 0.612. The van der Waals surface area contributed by atoms with Gasteiger partial charge in [-0.2, -0.15) is 0 Å². The standard InChI is InChI=1S/C15H14BrNO/c1-3-9-17-11(2)13(10-18)14(16)15(17)12-7-5-4-6-8-12/h3-8,10H,1,9H2,2H3. The van der Waals surface area contributed by atoms with Gasteiger partial charge in [0.05, 0.1) is 10.2 Å². The van der Waals surface area contributed by atoms with Crippen molar-refractivity contribution >= 4 is 22.2 Å². The normalized spacial score (nSPS) is 10.3. The van der Waals surface area contributed by atoms with Gasteiger partial charge in [-0.25, -0.2) is 0 Å². The number of halogens is 1. The van der Waals surface area contributed by atoms with E-state index < -0.39 is 0 Å². The third-order valence-corrected chi connectivity index (χ3v) is 3.79. The van der Waals surface area contributed by atoms with Crippen molar-refractivity contribution in [3.8, 4) is 11.3 Å². The molecule has 1 heterocycles. The van der Waals surface area contributed by atoms with Crippen molar-refractivity contribution < 1.29 is 4.79 Å². The number of aromatic nitrogens is 1. The van der Waals surface area contributed by atoms with Crippen LogP contribution in [0.5, 0.6) is 0 Å². The van der Waals surface area contributed by atoms with E-state index in [1.807, 2.05) is 43.3 Å². The van der Waals surface area contributed by atoms with E-state index in [1.54, 1.807) is 0 Å². The van der Waals surface area contributed by atoms with Crippen LogP contribution in [0.2, 0.25) is 0 Å². The Hall–Kier alpha value is -1.61. The summed E-state index contributed by atoms with van der Waals surface area (Å²) < 4.78 is 2.94. The van der Waals surface area contributed by atoms with Crippen LogP contribution in [0.1, 0.15) is 16.1 Å². The lowest BCUT2D eigenvalue weighted by atomic mass is 10.1. The van der Waals surface area contributed by atoms with Crippen LogP contribution in [0, 0.1) is 6.92 Å². The molecule has 0 amide bonds. The van der Waals surface area contributed by atoms with Gasteiger partial charge in [0.15, 0.2) is 6.29 Å². The molecule has 0 spiro atoms. The molecule has 0 atom stereocenters. The number of benzene rings is 1. The van der Waals surface area contributed by atoms with Gasteiger partial charge >= 0.3 is 0 Å². The zero-order valence-corrected chi connectivity index (χ0v) is 11.8. The number of nitrogens with zero attached hydrogens (tertiary/aromatic N) is 1. The minimum atomic E-state index is 0.683. The van der Waals surface area contributed by atoms with Gasteiger partial charge in [-0.3, -0.25) is 4.79 Å². The first-order valence-corrected chi connectivity index (χ1v) is 6.50. The van der Waals surface area contributed by atoms with Crippen LogP contribution < -0.4 is 0 Å². The molecule has 2 rings (SSSR count). The Morgan fingerprint density at radius 3 is 2.56 bits per heavy atom. The fourth-order valence-corrected chi connectivity index (χ4v) is 2.91. The summed E-state index contributed by atoms with van der Waals surface area (Å²) >= 11 is 3.53. The predicted molar refractivity (Wildman–Crippen MR) is 77.9 cm³/mol. The largest absolute Gasteiger partial charge is 0.339 e. The SMILES string of the molecule is C=CCn1c(C)c(C=O)c(Br)c1-c1ccccc1. The highest BCUT2D eigenvalue weighted by molar-refractivity contribution is 9.10. The van der Waals surface area contributed by atoms with E-state index in [-0.39, 0.29) is 0 Å². The molecule has 0 unspecified atom stereocenters. The molecule has 2 aromatic rings. The van der Waals surface area contributed by atoms with Crippen LogP contribution in [-0.2, 0) is 6.54 Å². The summed E-state index contributed by atoms with van der Waals surface area (Å²) in [5.41, 5.74) is 3.77. The average molecular weight is 304 g/mol. The number of hydrogen-bond acceptors (Lipinski definition) is 1. The minimum Gasteiger partial charge on any atom is -0.339 e. The highest BCUT2D eigenvalue weighted by atomic mass is 79.9. The molecule has 3 heteroatoms. The van der Waals surface area contributed by atoms with E-state index in [1.165, 1.54) is 0 Å². The first-order chi connectivity index (χ1) is 8.70. The maximum Gasteiger partial charge on any atom is 0.153 e. The van der Waals surface area contributed by atoms with E-state index in [2.05, 4.69) is 27.1 Å². The maximum absolute atomic E-state index is 11.2. The fourth-order valence-electron chi connectivity index (χ4n) is 2.09. The van der Waals surface area contributed by atoms with Crippen LogP contribution in [0.15, 0.2) is 47.5 Å². The van der Waals surface area contributed by atoms with Crippen LogP contribution in [0.3, 0.4) is 0 Å². The predicted octanol–water partition coefficient (Wildman–Crippen LogP) is 4.22. The fraction of sp³-hybridized carbons (Fsp3) is 0.133. The number of allylic oxidation sites excluding steroid dienone is 1. The Morgan fingerprint density at radius 2 is 2.00 bits per heavy atom. The Labute approximate surface area is 115 Å². The van der Waals surface area contributed by atoms with Gasteiger partial charge in [-0.1, -0.05) is 36.4 Å². The van der Waals surface area contributed by atoms with E-state index >= 15 is 0 Å². The lowest BCUT2D eigenvalue weighted by molar-refractivity contribution is 0.112. The molecule has 92 valence electrons. The van der Waals surface area contributed by atoms with Crippen LogP contribution in [0.25, 0.3) is 11.3 Å². The van der Waals surface area contributed by atoms with Crippen LogP contribution >= 0.6 is 15.9 Å². The van der Waals surface area contributed by atoms with Crippen molar-refractivity contribution in [2.24, 2.45) is 0 Å². The molecule has 18 heavy (non-hydrogen) atoms. The lowest BCUT2D eigenvalue weighted by Gasteiger charge is -2.09. The van der Waals surface area contributed by atoms with Crippen molar-refractivity contribution in [1.29, 1.82) is 0 Å². The van der Waals surface area contributed by atoms with Gasteiger partial charge in [0.2, 0.25) is 0 Å². The Kier molecular flexibility index (Phi) is 3.82. The van der Waals surface area contributed by atoms with E-state index in [0.717, 1.165) is 27.7 Å². The van der Waals surface area contributed by atoms with Crippen molar-refractivity contribution in [3.63, 3.8) is 0 Å². The van der Waals surface area contributed by atoms with Gasteiger partial charge in [0, 0.05) is 17.8 Å². The number of hydrogen-bond donors (Lipinski definition) is 0. The molecular formula is C15H14BrNO. The van der Waals surface area contributed by atoms with E-state index in [9.17, 15) is 4.79 Å². The summed E-state index contributed by atoms with van der Waals surface area (Å²) in [5, 5.41) is 0. The number of carbonyl (C=O) groups excluding carboxylic acids is 1. The first-order valence-electron chi connectivity index (χ1n) is 5.70. The highest BCUT2D eigenvalue weighted by Crippen LogP contribution is 2.35. The van der Waals surface area contributed by atoms with Crippen molar-refractivity contribution in [1.82, 2.24) is 4.57 Å². The third-order valence-electron chi connectivity index (χ3n) is 2.99. The molecule has 1 aromatic carbocycles. The zero-order chi connectivity index (χ0) is 13.1. The molecule has 0 bridgehead atoms. The Morgan fingerprint density at radius 1 is 1.33 bits per heavy atom. The molecular weight excluding hydrogens is 290 g/mol. The molecule has 0 aliphatic rings. The summed E-state index contributed by atoms with van der Waals surface area (Å²) in [6.07, 6.45) is 2.73. The first kappa shape index (κ1) is 12.8. The number of rotatable bonds is 4. The van der Waals surface area contributed by atoms with Crippen LogP contribution in [0.4, 0.5) is 0 Å². The van der Waals surface area contributed by atoms with Crippen molar-refractivity contribution in [2.75, 3.05) is 0 Å². The van der Waals surface area contributed by atoms with Gasteiger partial charge in [0.1, 0.15) is 0 Å². The Bertz CT molecular complexity index is 584. The molecule has 0 aliphatic heterocycles. The number of carbonyl (C=O) groups is 1. The zero-order valence-electron chi connectivity index (χ0n) is 10.2. The van der Waals surface area contributed by atoms with E-state index in [0.29, 0.717) is 12.1 Å². The summed E-state index contributed by atoms with van der Waals surface area (Å²) in [5.74, 6) is 0. The second-order valence-electron chi connectivity index (χ2n) is 4.04. The lowest BCUT2D eigenvalue weighted by Crippen LogP contribution is -2.00. The summed E-state index contributed by atoms with van der Waals surface area (Å²) in [7, 11) is 0. The minimum absolute atomic E-state index is 0.683. The Balaban J connectivity index is 2.72. The maximum atomic E-state index is 11.2. The van der Waals surface area contributed by atoms with Gasteiger partial charge < -0.3 is 4.57 Å². The topological polar surface area (TPSA) is 22.0 Å². The van der Waals surface area contributed by atoms with Gasteiger partial charge in [-0.05, 0) is 28.4 Å². The molecule has 1 aromatic heterocycles. The smallest absolute Gasteiger partial charge is 0.153 e. The molecule has 0 N–H and O–H groups in total. The monoisotopic (exact) mass is 303 g/mol. The van der Waals surface area contributed by atoms with Crippen LogP contribution in [-0.4, -0.2) is 10.9 Å². The summed E-state index contributed by atoms with van der Waals surface area (Å²) in [6, 6.07) is 10.0. The second-order valence-corrected chi connectivity index (χ2v) is 4.84. The van der Waals surface area contributed by atoms with Crippen molar-refractivity contribution in [3.05, 3.63) is 58.7 Å². The summed E-state index contributed by atoms with van der Waals surface area (Å²) in [4.78, 5) is 11.2. The molecule has 0 radical (unpaired) electrons. The average Bonchev–Trinajstić information content (AvgIpc) is 2.62. The molecule has 0 saturated carbocycles. The molecule has 2 nitrogen and oxygen atoms in total. The molecule has 0 fully saturated rings. The highest BCUT2D eigenvalue weighted by Gasteiger charge is 2.18. The third kappa shape index (κ3) is 2.06.